The molecule has 0 aromatic heterocycles. The van der Waals surface area contributed by atoms with Crippen molar-refractivity contribution in [1.82, 2.24) is 0 Å². The van der Waals surface area contributed by atoms with Crippen LogP contribution in [-0.4, -0.2) is 23.6 Å². The van der Waals surface area contributed by atoms with Gasteiger partial charge in [0.05, 0.1) is 12.7 Å². The SMILES string of the molecule is CCOC(=O)/C=C(\O)C(N)=O.[Cu]. The Kier molecular flexibility index (Phi) is 7.57. The molecule has 0 bridgehead atoms. The molecule has 0 fully saturated rings. The third-order valence-corrected chi connectivity index (χ3v) is 0.794. The van der Waals surface area contributed by atoms with Gasteiger partial charge in [-0.2, -0.15) is 0 Å². The van der Waals surface area contributed by atoms with Crippen molar-refractivity contribution in [2.45, 2.75) is 6.92 Å². The summed E-state index contributed by atoms with van der Waals surface area (Å²) in [6.45, 7) is 1.79. The summed E-state index contributed by atoms with van der Waals surface area (Å²) in [7, 11) is 0. The summed E-state index contributed by atoms with van der Waals surface area (Å²) in [5.41, 5.74) is 4.62. The predicted molar refractivity (Wildman–Crippen MR) is 36.5 cm³/mol. The normalized spacial score (nSPS) is 9.92. The van der Waals surface area contributed by atoms with Crippen LogP contribution in [0.2, 0.25) is 0 Å². The van der Waals surface area contributed by atoms with Gasteiger partial charge in [0.2, 0.25) is 0 Å². The Labute approximate surface area is 80.0 Å². The van der Waals surface area contributed by atoms with Crippen molar-refractivity contribution in [2.75, 3.05) is 6.61 Å². The maximum Gasteiger partial charge on any atom is 0.334 e. The molecule has 0 aromatic rings. The quantitative estimate of drug-likeness (QED) is 0.291. The van der Waals surface area contributed by atoms with E-state index in [0.717, 1.165) is 0 Å². The number of hydrogen-bond acceptors (Lipinski definition) is 4. The first-order valence-electron chi connectivity index (χ1n) is 2.95. The van der Waals surface area contributed by atoms with E-state index in [4.69, 9.17) is 5.11 Å². The zero-order valence-corrected chi connectivity index (χ0v) is 7.28. The van der Waals surface area contributed by atoms with Crippen molar-refractivity contribution < 1.29 is 36.5 Å². The monoisotopic (exact) mass is 222 g/mol. The summed E-state index contributed by atoms with van der Waals surface area (Å²) in [5, 5.41) is 8.61. The topological polar surface area (TPSA) is 89.6 Å². The molecule has 12 heavy (non-hydrogen) atoms. The number of aliphatic hydroxyl groups excluding tert-OH is 1. The number of esters is 1. The van der Waals surface area contributed by atoms with E-state index in [2.05, 4.69) is 10.5 Å². The number of aliphatic hydroxyl groups is 1. The van der Waals surface area contributed by atoms with Gasteiger partial charge < -0.3 is 15.6 Å². The summed E-state index contributed by atoms with van der Waals surface area (Å²) >= 11 is 0. The van der Waals surface area contributed by atoms with Gasteiger partial charge in [-0.15, -0.1) is 0 Å². The minimum Gasteiger partial charge on any atom is -0.503 e. The Hall–Kier alpha value is -1.00. The van der Waals surface area contributed by atoms with Crippen LogP contribution in [0, 0.1) is 0 Å². The number of rotatable bonds is 3. The van der Waals surface area contributed by atoms with Crippen LogP contribution in [0.4, 0.5) is 0 Å². The Morgan fingerprint density at radius 3 is 2.42 bits per heavy atom. The molecule has 1 amide bonds. The van der Waals surface area contributed by atoms with Gasteiger partial charge in [0.25, 0.3) is 5.91 Å². The molecule has 0 aromatic carbocycles. The van der Waals surface area contributed by atoms with Crippen LogP contribution in [0.1, 0.15) is 6.92 Å². The molecule has 0 spiro atoms. The third-order valence-electron chi connectivity index (χ3n) is 0.794. The first-order chi connectivity index (χ1) is 5.07. The van der Waals surface area contributed by atoms with Crippen molar-refractivity contribution >= 4 is 11.9 Å². The molecule has 0 atom stereocenters. The predicted octanol–water partition coefficient (Wildman–Crippen LogP) is -0.526. The fraction of sp³-hybridized carbons (Fsp3) is 0.333. The van der Waals surface area contributed by atoms with E-state index in [0.29, 0.717) is 6.08 Å². The number of ether oxygens (including phenoxy) is 1. The largest absolute Gasteiger partial charge is 0.503 e. The van der Waals surface area contributed by atoms with Gasteiger partial charge in [0.15, 0.2) is 5.76 Å². The first kappa shape index (κ1) is 13.6. The molecule has 0 unspecified atom stereocenters. The zero-order chi connectivity index (χ0) is 8.85. The summed E-state index contributed by atoms with van der Waals surface area (Å²) in [6, 6.07) is 0. The minimum absolute atomic E-state index is 0. The minimum atomic E-state index is -1.06. The number of carbonyl (C=O) groups is 2. The van der Waals surface area contributed by atoms with E-state index < -0.39 is 17.6 Å². The Balaban J connectivity index is 0. The summed E-state index contributed by atoms with van der Waals surface area (Å²) in [4.78, 5) is 20.6. The summed E-state index contributed by atoms with van der Waals surface area (Å²) in [5.74, 6) is -2.65. The van der Waals surface area contributed by atoms with Crippen LogP contribution in [0.25, 0.3) is 0 Å². The van der Waals surface area contributed by atoms with Crippen molar-refractivity contribution in [1.29, 1.82) is 0 Å². The molecule has 0 aliphatic rings. The molecule has 0 aliphatic heterocycles. The van der Waals surface area contributed by atoms with Crippen LogP contribution in [0.15, 0.2) is 11.8 Å². The molecule has 5 nitrogen and oxygen atoms in total. The number of amides is 1. The van der Waals surface area contributed by atoms with Gasteiger partial charge in [-0.3, -0.25) is 4.79 Å². The number of nitrogens with two attached hydrogens (primary N) is 1. The molecule has 6 heteroatoms. The Bertz CT molecular complexity index is 202. The average molecular weight is 223 g/mol. The second-order valence-corrected chi connectivity index (χ2v) is 1.65. The van der Waals surface area contributed by atoms with Crippen molar-refractivity contribution in [3.63, 3.8) is 0 Å². The van der Waals surface area contributed by atoms with E-state index in [1.807, 2.05) is 0 Å². The van der Waals surface area contributed by atoms with Gasteiger partial charge >= 0.3 is 5.97 Å². The van der Waals surface area contributed by atoms with Gasteiger partial charge in [-0.25, -0.2) is 4.79 Å². The van der Waals surface area contributed by atoms with Gasteiger partial charge in [-0.05, 0) is 6.92 Å². The maximum atomic E-state index is 10.5. The molecular formula is C6H9CuNO4. The fourth-order valence-corrected chi connectivity index (χ4v) is 0.367. The van der Waals surface area contributed by atoms with Crippen LogP contribution in [-0.2, 0) is 31.4 Å². The molecule has 0 saturated carbocycles. The van der Waals surface area contributed by atoms with E-state index in [9.17, 15) is 9.59 Å². The smallest absolute Gasteiger partial charge is 0.334 e. The Morgan fingerprint density at radius 1 is 1.58 bits per heavy atom. The van der Waals surface area contributed by atoms with Gasteiger partial charge in [0.1, 0.15) is 0 Å². The number of primary amides is 1. The molecule has 3 N–H and O–H groups in total. The molecule has 0 rings (SSSR count). The molecule has 1 radical (unpaired) electrons. The van der Waals surface area contributed by atoms with E-state index in [1.165, 1.54) is 0 Å². The second-order valence-electron chi connectivity index (χ2n) is 1.65. The molecule has 0 aliphatic carbocycles. The second kappa shape index (κ2) is 6.69. The van der Waals surface area contributed by atoms with Gasteiger partial charge in [-0.1, -0.05) is 0 Å². The zero-order valence-electron chi connectivity index (χ0n) is 6.34. The van der Waals surface area contributed by atoms with Crippen molar-refractivity contribution in [3.8, 4) is 0 Å². The van der Waals surface area contributed by atoms with Crippen LogP contribution in [0.5, 0.6) is 0 Å². The van der Waals surface area contributed by atoms with Crippen molar-refractivity contribution in [3.05, 3.63) is 11.8 Å². The van der Waals surface area contributed by atoms with Crippen LogP contribution < -0.4 is 5.73 Å². The van der Waals surface area contributed by atoms with Crippen LogP contribution >= 0.6 is 0 Å². The molecule has 0 heterocycles. The number of carbonyl (C=O) groups excluding carboxylic acids is 2. The Morgan fingerprint density at radius 2 is 2.08 bits per heavy atom. The van der Waals surface area contributed by atoms with Gasteiger partial charge in [0, 0.05) is 17.1 Å². The van der Waals surface area contributed by atoms with Crippen molar-refractivity contribution in [2.24, 2.45) is 5.73 Å². The van der Waals surface area contributed by atoms with Crippen LogP contribution in [0.3, 0.4) is 0 Å². The van der Waals surface area contributed by atoms with E-state index >= 15 is 0 Å². The fourth-order valence-electron chi connectivity index (χ4n) is 0.367. The maximum absolute atomic E-state index is 10.5. The number of hydrogen-bond donors (Lipinski definition) is 2. The average Bonchev–Trinajstić information content (AvgIpc) is 1.87. The first-order valence-corrected chi connectivity index (χ1v) is 2.95. The standard InChI is InChI=1S/C6H9NO4.Cu/c1-2-11-5(9)3-4(8)6(7)10;/h3,8H,2H2,1H3,(H2,7,10);/b4-3-;. The van der Waals surface area contributed by atoms with E-state index in [1.54, 1.807) is 6.92 Å². The summed E-state index contributed by atoms with van der Waals surface area (Å²) < 4.78 is 4.38. The molecule has 73 valence electrons. The van der Waals surface area contributed by atoms with E-state index in [-0.39, 0.29) is 23.7 Å². The molecular weight excluding hydrogens is 214 g/mol. The summed E-state index contributed by atoms with van der Waals surface area (Å²) in [6.07, 6.45) is 0.631. The molecule has 0 saturated heterocycles. The third kappa shape index (κ3) is 5.76.